The van der Waals surface area contributed by atoms with Crippen LogP contribution in [0.2, 0.25) is 0 Å². The molecule has 9 heteroatoms. The Morgan fingerprint density at radius 3 is 2.69 bits per heavy atom. The van der Waals surface area contributed by atoms with Crippen LogP contribution in [0.25, 0.3) is 11.0 Å². The van der Waals surface area contributed by atoms with Gasteiger partial charge in [-0.25, -0.2) is 4.79 Å². The second kappa shape index (κ2) is 9.08. The molecule has 2 N–H and O–H groups in total. The van der Waals surface area contributed by atoms with Crippen LogP contribution in [0, 0.1) is 11.3 Å². The Morgan fingerprint density at radius 1 is 1.22 bits per heavy atom. The summed E-state index contributed by atoms with van der Waals surface area (Å²) in [6.45, 7) is 3.93. The minimum atomic E-state index is -0.679. The van der Waals surface area contributed by atoms with E-state index in [4.69, 9.17) is 19.9 Å². The van der Waals surface area contributed by atoms with Gasteiger partial charge in [0.1, 0.15) is 40.8 Å². The van der Waals surface area contributed by atoms with Crippen molar-refractivity contribution in [2.24, 2.45) is 5.73 Å². The van der Waals surface area contributed by atoms with E-state index in [0.717, 1.165) is 16.6 Å². The molecule has 1 aliphatic heterocycles. The predicted octanol–water partition coefficient (Wildman–Crippen LogP) is 3.92. The maximum Gasteiger partial charge on any atom is 0.338 e. The number of ether oxygens (including phenoxy) is 3. The lowest BCUT2D eigenvalue weighted by atomic mass is 9.83. The molecule has 0 fully saturated rings. The number of hydrogen-bond donors (Lipinski definition) is 1. The van der Waals surface area contributed by atoms with Gasteiger partial charge in [0.2, 0.25) is 5.88 Å². The van der Waals surface area contributed by atoms with Crippen LogP contribution in [0.15, 0.2) is 65.3 Å². The van der Waals surface area contributed by atoms with Gasteiger partial charge in [0.15, 0.2) is 0 Å². The number of nitrogens with zero attached hydrogens (tertiary/aromatic N) is 3. The molecule has 32 heavy (non-hydrogen) atoms. The Balaban J connectivity index is 1.57. The van der Waals surface area contributed by atoms with Crippen LogP contribution in [0.3, 0.4) is 0 Å². The van der Waals surface area contributed by atoms with Crippen LogP contribution in [0.1, 0.15) is 30.9 Å². The minimum Gasteiger partial charge on any atom is -0.489 e. The largest absolute Gasteiger partial charge is 0.489 e. The van der Waals surface area contributed by atoms with Crippen molar-refractivity contribution in [3.05, 3.63) is 76.4 Å². The van der Waals surface area contributed by atoms with Crippen molar-refractivity contribution in [3.8, 4) is 11.8 Å². The van der Waals surface area contributed by atoms with Crippen molar-refractivity contribution in [2.45, 2.75) is 26.4 Å². The quantitative estimate of drug-likeness (QED) is 0.564. The summed E-state index contributed by atoms with van der Waals surface area (Å²) < 4.78 is 25.0. The standard InChI is InChI=1S/C23H20N4O4S/c1-3-29-23(28)20-13(2)31-22(25)17(11-24)21(20)15-5-7-16(8-6-15)30-12-14-4-9-18-19(10-14)27-32-26-18/h4-10,21H,3,12,25H2,1-2H3. The van der Waals surface area contributed by atoms with Gasteiger partial charge in [-0.15, -0.1) is 0 Å². The van der Waals surface area contributed by atoms with E-state index >= 15 is 0 Å². The Hall–Kier alpha value is -3.90. The van der Waals surface area contributed by atoms with Crippen LogP contribution in [0.4, 0.5) is 0 Å². The molecule has 1 aliphatic rings. The number of carbonyl (C=O) groups is 1. The summed E-state index contributed by atoms with van der Waals surface area (Å²) >= 11 is 1.18. The summed E-state index contributed by atoms with van der Waals surface area (Å²) in [5.41, 5.74) is 9.74. The molecule has 0 aliphatic carbocycles. The van der Waals surface area contributed by atoms with Gasteiger partial charge in [0.25, 0.3) is 0 Å². The molecule has 1 unspecified atom stereocenters. The highest BCUT2D eigenvalue weighted by molar-refractivity contribution is 7.00. The molecule has 0 amide bonds. The highest BCUT2D eigenvalue weighted by Crippen LogP contribution is 2.40. The Bertz CT molecular complexity index is 1270. The van der Waals surface area contributed by atoms with Crippen molar-refractivity contribution < 1.29 is 19.0 Å². The van der Waals surface area contributed by atoms with Gasteiger partial charge in [-0.1, -0.05) is 18.2 Å². The first-order valence-corrected chi connectivity index (χ1v) is 10.6. The molecule has 2 heterocycles. The fraction of sp³-hybridized carbons (Fsp3) is 0.217. The van der Waals surface area contributed by atoms with Crippen LogP contribution in [-0.2, 0) is 20.9 Å². The van der Waals surface area contributed by atoms with E-state index in [2.05, 4.69) is 14.8 Å². The smallest absolute Gasteiger partial charge is 0.338 e. The molecule has 0 spiro atoms. The van der Waals surface area contributed by atoms with Crippen molar-refractivity contribution in [2.75, 3.05) is 6.61 Å². The predicted molar refractivity (Wildman–Crippen MR) is 118 cm³/mol. The number of nitriles is 1. The maximum atomic E-state index is 12.6. The van der Waals surface area contributed by atoms with Crippen molar-refractivity contribution in [1.29, 1.82) is 5.26 Å². The van der Waals surface area contributed by atoms with E-state index < -0.39 is 11.9 Å². The summed E-state index contributed by atoms with van der Waals surface area (Å²) in [7, 11) is 0. The summed E-state index contributed by atoms with van der Waals surface area (Å²) in [6, 6.07) is 15.1. The van der Waals surface area contributed by atoms with E-state index in [9.17, 15) is 10.1 Å². The third-order valence-corrected chi connectivity index (χ3v) is 5.59. The average molecular weight is 449 g/mol. The highest BCUT2D eigenvalue weighted by Gasteiger charge is 2.36. The Labute approximate surface area is 188 Å². The lowest BCUT2D eigenvalue weighted by molar-refractivity contribution is -0.139. The summed E-state index contributed by atoms with van der Waals surface area (Å²) in [6.07, 6.45) is 0. The highest BCUT2D eigenvalue weighted by atomic mass is 32.1. The molecule has 8 nitrogen and oxygen atoms in total. The van der Waals surface area contributed by atoms with Crippen LogP contribution >= 0.6 is 11.7 Å². The summed E-state index contributed by atoms with van der Waals surface area (Å²) in [5.74, 6) is -0.275. The Morgan fingerprint density at radius 2 is 1.97 bits per heavy atom. The van der Waals surface area contributed by atoms with E-state index in [1.54, 1.807) is 38.1 Å². The first kappa shape index (κ1) is 21.3. The molecule has 0 saturated heterocycles. The van der Waals surface area contributed by atoms with E-state index in [0.29, 0.717) is 23.7 Å². The number of hydrogen-bond acceptors (Lipinski definition) is 9. The van der Waals surface area contributed by atoms with Crippen LogP contribution < -0.4 is 10.5 Å². The van der Waals surface area contributed by atoms with Gasteiger partial charge in [-0.05, 0) is 49.2 Å². The maximum absolute atomic E-state index is 12.6. The fourth-order valence-electron chi connectivity index (χ4n) is 3.53. The van der Waals surface area contributed by atoms with Crippen LogP contribution in [0.5, 0.6) is 5.75 Å². The van der Waals surface area contributed by atoms with Crippen molar-refractivity contribution in [3.63, 3.8) is 0 Å². The second-order valence-electron chi connectivity index (χ2n) is 7.06. The second-order valence-corrected chi connectivity index (χ2v) is 7.59. The molecule has 162 valence electrons. The SMILES string of the molecule is CCOC(=O)C1=C(C)OC(N)=C(C#N)C1c1ccc(OCc2ccc3nsnc3c2)cc1. The molecule has 0 saturated carbocycles. The lowest BCUT2D eigenvalue weighted by Crippen LogP contribution is -2.25. The number of rotatable bonds is 6. The zero-order chi connectivity index (χ0) is 22.7. The van der Waals surface area contributed by atoms with Gasteiger partial charge in [0, 0.05) is 0 Å². The number of esters is 1. The first-order valence-electron chi connectivity index (χ1n) is 9.91. The summed E-state index contributed by atoms with van der Waals surface area (Å²) in [4.78, 5) is 12.6. The van der Waals surface area contributed by atoms with Gasteiger partial charge in [0.05, 0.1) is 29.8 Å². The number of allylic oxidation sites excluding steroid dienone is 2. The molecule has 2 aromatic carbocycles. The van der Waals surface area contributed by atoms with Gasteiger partial charge in [-0.3, -0.25) is 0 Å². The fourth-order valence-corrected chi connectivity index (χ4v) is 4.05. The third-order valence-electron chi connectivity index (χ3n) is 5.04. The van der Waals surface area contributed by atoms with E-state index in [-0.39, 0.29) is 23.6 Å². The average Bonchev–Trinajstić information content (AvgIpc) is 3.25. The molecule has 0 bridgehead atoms. The zero-order valence-electron chi connectivity index (χ0n) is 17.5. The molecule has 0 radical (unpaired) electrons. The number of fused-ring (bicyclic) bond motifs is 1. The van der Waals surface area contributed by atoms with E-state index in [1.807, 2.05) is 18.2 Å². The topological polar surface area (TPSA) is 120 Å². The lowest BCUT2D eigenvalue weighted by Gasteiger charge is -2.26. The minimum absolute atomic E-state index is 0.0182. The first-order chi connectivity index (χ1) is 15.5. The number of aromatic nitrogens is 2. The van der Waals surface area contributed by atoms with Crippen LogP contribution in [-0.4, -0.2) is 21.3 Å². The van der Waals surface area contributed by atoms with Crippen molar-refractivity contribution in [1.82, 2.24) is 8.75 Å². The number of benzene rings is 2. The number of carbonyl (C=O) groups excluding carboxylic acids is 1. The molecular formula is C23H20N4O4S. The van der Waals surface area contributed by atoms with E-state index in [1.165, 1.54) is 11.7 Å². The number of nitrogens with two attached hydrogens (primary N) is 1. The van der Waals surface area contributed by atoms with Gasteiger partial charge >= 0.3 is 5.97 Å². The van der Waals surface area contributed by atoms with Gasteiger partial charge < -0.3 is 19.9 Å². The van der Waals surface area contributed by atoms with Gasteiger partial charge in [-0.2, -0.15) is 14.0 Å². The molecule has 1 aromatic heterocycles. The molecule has 1 atom stereocenters. The summed E-state index contributed by atoms with van der Waals surface area (Å²) in [5, 5.41) is 9.66. The normalized spacial score (nSPS) is 16.0. The van der Waals surface area contributed by atoms with Crippen molar-refractivity contribution >= 4 is 28.7 Å². The molecule has 3 aromatic rings. The third kappa shape index (κ3) is 4.13. The molecule has 4 rings (SSSR count). The Kier molecular flexibility index (Phi) is 6.05. The monoisotopic (exact) mass is 448 g/mol. The molecular weight excluding hydrogens is 428 g/mol. The zero-order valence-corrected chi connectivity index (χ0v) is 18.3.